The Morgan fingerprint density at radius 1 is 1.15 bits per heavy atom. The number of aryl methyl sites for hydroxylation is 1. The van der Waals surface area contributed by atoms with E-state index in [2.05, 4.69) is 59.4 Å². The maximum Gasteiger partial charge on any atom is 0.0568 e. The molecule has 0 spiro atoms. The molecular formula is C17H19BrClN. The van der Waals surface area contributed by atoms with Gasteiger partial charge in [0.05, 0.1) is 5.02 Å². The van der Waals surface area contributed by atoms with Gasteiger partial charge < -0.3 is 5.32 Å². The lowest BCUT2D eigenvalue weighted by Gasteiger charge is -2.16. The van der Waals surface area contributed by atoms with Crippen LogP contribution in [0.15, 0.2) is 46.9 Å². The quantitative estimate of drug-likeness (QED) is 0.672. The minimum atomic E-state index is 0.253. The van der Waals surface area contributed by atoms with Crippen LogP contribution in [0.2, 0.25) is 5.02 Å². The maximum absolute atomic E-state index is 6.11. The topological polar surface area (TPSA) is 12.0 Å². The molecule has 106 valence electrons. The van der Waals surface area contributed by atoms with E-state index in [0.717, 1.165) is 21.6 Å². The third-order valence-electron chi connectivity index (χ3n) is 3.32. The largest absolute Gasteiger partial charge is 0.378 e. The third-order valence-corrected chi connectivity index (χ3v) is 4.55. The number of hydrogen-bond donors (Lipinski definition) is 1. The van der Waals surface area contributed by atoms with Gasteiger partial charge in [0.1, 0.15) is 0 Å². The van der Waals surface area contributed by atoms with Gasteiger partial charge in [-0.25, -0.2) is 0 Å². The molecule has 0 aliphatic rings. The van der Waals surface area contributed by atoms with Crippen molar-refractivity contribution >= 4 is 33.2 Å². The predicted octanol–water partition coefficient (Wildman–Crippen LogP) is 6.23. The standard InChI is InChI=1S/C17H19BrClN/c1-3-4-13-5-7-14(8-6-13)12(2)20-15-9-10-16(18)17(19)11-15/h5-12,20H,3-4H2,1-2H3. The van der Waals surface area contributed by atoms with E-state index >= 15 is 0 Å². The summed E-state index contributed by atoms with van der Waals surface area (Å²) in [6, 6.07) is 15.0. The monoisotopic (exact) mass is 351 g/mol. The predicted molar refractivity (Wildman–Crippen MR) is 91.6 cm³/mol. The van der Waals surface area contributed by atoms with Crippen molar-refractivity contribution in [3.05, 3.63) is 63.1 Å². The molecule has 2 aromatic carbocycles. The highest BCUT2D eigenvalue weighted by Gasteiger charge is 2.06. The van der Waals surface area contributed by atoms with E-state index in [1.54, 1.807) is 0 Å². The van der Waals surface area contributed by atoms with E-state index in [1.807, 2.05) is 18.2 Å². The van der Waals surface area contributed by atoms with Crippen molar-refractivity contribution < 1.29 is 0 Å². The van der Waals surface area contributed by atoms with Crippen LogP contribution < -0.4 is 5.32 Å². The molecule has 0 aliphatic heterocycles. The molecule has 0 amide bonds. The zero-order valence-electron chi connectivity index (χ0n) is 11.8. The van der Waals surface area contributed by atoms with Gasteiger partial charge in [0, 0.05) is 16.2 Å². The highest BCUT2D eigenvalue weighted by atomic mass is 79.9. The fourth-order valence-corrected chi connectivity index (χ4v) is 2.61. The molecule has 0 aromatic heterocycles. The van der Waals surface area contributed by atoms with Crippen LogP contribution in [0, 0.1) is 0 Å². The first-order chi connectivity index (χ1) is 9.60. The Bertz CT molecular complexity index is 566. The van der Waals surface area contributed by atoms with Crippen LogP contribution in [-0.2, 0) is 6.42 Å². The summed E-state index contributed by atoms with van der Waals surface area (Å²) in [6.45, 7) is 4.36. The normalized spacial score (nSPS) is 12.2. The molecule has 0 saturated heterocycles. The summed E-state index contributed by atoms with van der Waals surface area (Å²) >= 11 is 9.52. The van der Waals surface area contributed by atoms with Gasteiger partial charge >= 0.3 is 0 Å². The zero-order chi connectivity index (χ0) is 14.5. The van der Waals surface area contributed by atoms with Gasteiger partial charge in [-0.1, -0.05) is 49.2 Å². The Morgan fingerprint density at radius 2 is 1.85 bits per heavy atom. The van der Waals surface area contributed by atoms with Crippen LogP contribution in [0.25, 0.3) is 0 Å². The molecule has 1 unspecified atom stereocenters. The van der Waals surface area contributed by atoms with E-state index in [4.69, 9.17) is 11.6 Å². The Balaban J connectivity index is 2.06. The van der Waals surface area contributed by atoms with E-state index in [0.29, 0.717) is 0 Å². The number of nitrogens with one attached hydrogen (secondary N) is 1. The first-order valence-corrected chi connectivity index (χ1v) is 8.07. The van der Waals surface area contributed by atoms with Crippen molar-refractivity contribution in [2.24, 2.45) is 0 Å². The van der Waals surface area contributed by atoms with Crippen LogP contribution >= 0.6 is 27.5 Å². The first-order valence-electron chi connectivity index (χ1n) is 6.90. The summed E-state index contributed by atoms with van der Waals surface area (Å²) in [5.41, 5.74) is 3.71. The number of hydrogen-bond acceptors (Lipinski definition) is 1. The molecular weight excluding hydrogens is 334 g/mol. The maximum atomic E-state index is 6.11. The molecule has 1 nitrogen and oxygen atoms in total. The minimum absolute atomic E-state index is 0.253. The van der Waals surface area contributed by atoms with Crippen LogP contribution in [-0.4, -0.2) is 0 Å². The summed E-state index contributed by atoms with van der Waals surface area (Å²) in [5, 5.41) is 4.20. The minimum Gasteiger partial charge on any atom is -0.378 e. The van der Waals surface area contributed by atoms with Crippen molar-refractivity contribution in [3.63, 3.8) is 0 Å². The second-order valence-electron chi connectivity index (χ2n) is 4.99. The average Bonchev–Trinajstić information content (AvgIpc) is 2.44. The van der Waals surface area contributed by atoms with Gasteiger partial charge in [-0.3, -0.25) is 0 Å². The summed E-state index contributed by atoms with van der Waals surface area (Å²) < 4.78 is 0.918. The lowest BCUT2D eigenvalue weighted by atomic mass is 10.0. The van der Waals surface area contributed by atoms with Gasteiger partial charge in [0.15, 0.2) is 0 Å². The molecule has 1 N–H and O–H groups in total. The van der Waals surface area contributed by atoms with E-state index in [1.165, 1.54) is 17.5 Å². The van der Waals surface area contributed by atoms with Crippen molar-refractivity contribution in [1.29, 1.82) is 0 Å². The van der Waals surface area contributed by atoms with Gasteiger partial charge in [-0.2, -0.15) is 0 Å². The third kappa shape index (κ3) is 4.00. The van der Waals surface area contributed by atoms with Gasteiger partial charge in [0.2, 0.25) is 0 Å². The lowest BCUT2D eigenvalue weighted by Crippen LogP contribution is -2.06. The summed E-state index contributed by atoms with van der Waals surface area (Å²) in [7, 11) is 0. The molecule has 0 heterocycles. The van der Waals surface area contributed by atoms with Crippen LogP contribution in [0.3, 0.4) is 0 Å². The van der Waals surface area contributed by atoms with Gasteiger partial charge in [-0.05, 0) is 58.6 Å². The van der Waals surface area contributed by atoms with Crippen LogP contribution in [0.4, 0.5) is 5.69 Å². The van der Waals surface area contributed by atoms with E-state index in [-0.39, 0.29) is 6.04 Å². The van der Waals surface area contributed by atoms with Crippen molar-refractivity contribution in [3.8, 4) is 0 Å². The smallest absolute Gasteiger partial charge is 0.0568 e. The highest BCUT2D eigenvalue weighted by molar-refractivity contribution is 9.10. The number of anilines is 1. The second kappa shape index (κ2) is 7.14. The Hall–Kier alpha value is -0.990. The van der Waals surface area contributed by atoms with Crippen molar-refractivity contribution in [2.75, 3.05) is 5.32 Å². The fraction of sp³-hybridized carbons (Fsp3) is 0.294. The molecule has 2 aromatic rings. The Morgan fingerprint density at radius 3 is 2.45 bits per heavy atom. The molecule has 0 aliphatic carbocycles. The molecule has 0 saturated carbocycles. The molecule has 1 atom stereocenters. The Kier molecular flexibility index (Phi) is 5.50. The molecule has 0 bridgehead atoms. The van der Waals surface area contributed by atoms with Crippen LogP contribution in [0.5, 0.6) is 0 Å². The average molecular weight is 353 g/mol. The fourth-order valence-electron chi connectivity index (χ4n) is 2.18. The number of halogens is 2. The van der Waals surface area contributed by atoms with Crippen LogP contribution in [0.1, 0.15) is 37.4 Å². The molecule has 3 heteroatoms. The summed E-state index contributed by atoms with van der Waals surface area (Å²) in [6.07, 6.45) is 2.33. The van der Waals surface area contributed by atoms with E-state index in [9.17, 15) is 0 Å². The SMILES string of the molecule is CCCc1ccc(C(C)Nc2ccc(Br)c(Cl)c2)cc1. The Labute approximate surface area is 134 Å². The van der Waals surface area contributed by atoms with Crippen molar-refractivity contribution in [1.82, 2.24) is 0 Å². The first kappa shape index (κ1) is 15.4. The molecule has 0 fully saturated rings. The summed E-state index contributed by atoms with van der Waals surface area (Å²) in [5.74, 6) is 0. The number of benzene rings is 2. The van der Waals surface area contributed by atoms with E-state index < -0.39 is 0 Å². The summed E-state index contributed by atoms with van der Waals surface area (Å²) in [4.78, 5) is 0. The zero-order valence-corrected chi connectivity index (χ0v) is 14.1. The number of rotatable bonds is 5. The van der Waals surface area contributed by atoms with Gasteiger partial charge in [-0.15, -0.1) is 0 Å². The molecule has 2 rings (SSSR count). The molecule has 0 radical (unpaired) electrons. The lowest BCUT2D eigenvalue weighted by molar-refractivity contribution is 0.876. The molecule has 20 heavy (non-hydrogen) atoms. The second-order valence-corrected chi connectivity index (χ2v) is 6.25. The van der Waals surface area contributed by atoms with Crippen molar-refractivity contribution in [2.45, 2.75) is 32.7 Å². The highest BCUT2D eigenvalue weighted by Crippen LogP contribution is 2.27. The van der Waals surface area contributed by atoms with Gasteiger partial charge in [0.25, 0.3) is 0 Å².